The van der Waals surface area contributed by atoms with Gasteiger partial charge in [-0.3, -0.25) is 4.79 Å². The molecule has 0 N–H and O–H groups in total. The number of rotatable bonds is 2. The fourth-order valence-electron chi connectivity index (χ4n) is 4.05. The van der Waals surface area contributed by atoms with Gasteiger partial charge in [-0.05, 0) is 38.5 Å². The third-order valence-corrected chi connectivity index (χ3v) is 4.93. The van der Waals surface area contributed by atoms with E-state index in [1.807, 2.05) is 4.80 Å². The first kappa shape index (κ1) is 12.3. The van der Waals surface area contributed by atoms with E-state index in [4.69, 9.17) is 4.74 Å². The van der Waals surface area contributed by atoms with Gasteiger partial charge in [-0.1, -0.05) is 0 Å². The van der Waals surface area contributed by atoms with Crippen molar-refractivity contribution in [2.45, 2.75) is 62.8 Å². The summed E-state index contributed by atoms with van der Waals surface area (Å²) in [5, 5.41) is 8.52. The quantitative estimate of drug-likeness (QED) is 0.813. The molecule has 3 saturated heterocycles. The minimum Gasteiger partial charge on any atom is -0.368 e. The second-order valence-electron chi connectivity index (χ2n) is 6.11. The number of carbonyl (C=O) groups is 1. The molecule has 1 amide bonds. The molecular weight excluding hydrogens is 256 g/mol. The Morgan fingerprint density at radius 3 is 2.35 bits per heavy atom. The predicted molar refractivity (Wildman–Crippen MR) is 70.9 cm³/mol. The van der Waals surface area contributed by atoms with Crippen LogP contribution < -0.4 is 0 Å². The van der Waals surface area contributed by atoms with Crippen LogP contribution in [-0.2, 0) is 9.53 Å². The molecule has 4 heterocycles. The maximum Gasteiger partial charge on any atom is 0.252 e. The molecule has 2 bridgehead atoms. The zero-order valence-corrected chi connectivity index (χ0v) is 11.5. The van der Waals surface area contributed by atoms with Gasteiger partial charge in [0.05, 0.1) is 18.4 Å². The topological polar surface area (TPSA) is 60.2 Å². The van der Waals surface area contributed by atoms with E-state index in [1.54, 1.807) is 12.4 Å². The van der Waals surface area contributed by atoms with Gasteiger partial charge in [0.1, 0.15) is 6.10 Å². The molecule has 1 aromatic rings. The molecule has 0 unspecified atom stereocenters. The van der Waals surface area contributed by atoms with Crippen LogP contribution in [0, 0.1) is 0 Å². The van der Waals surface area contributed by atoms with Crippen LogP contribution in [-0.4, -0.2) is 50.6 Å². The van der Waals surface area contributed by atoms with E-state index < -0.39 is 0 Å². The molecule has 108 valence electrons. The lowest BCUT2D eigenvalue weighted by molar-refractivity contribution is -0.146. The Morgan fingerprint density at radius 2 is 1.75 bits per heavy atom. The van der Waals surface area contributed by atoms with Crippen molar-refractivity contribution in [2.75, 3.05) is 6.61 Å². The number of fused-ring (bicyclic) bond motifs is 2. The van der Waals surface area contributed by atoms with Gasteiger partial charge in [-0.25, -0.2) is 0 Å². The van der Waals surface area contributed by atoms with E-state index in [9.17, 15) is 4.79 Å². The second-order valence-corrected chi connectivity index (χ2v) is 6.11. The summed E-state index contributed by atoms with van der Waals surface area (Å²) in [6, 6.07) is 1.04. The summed E-state index contributed by atoms with van der Waals surface area (Å²) in [5.41, 5.74) is 0. The Bertz CT molecular complexity index is 469. The van der Waals surface area contributed by atoms with Crippen molar-refractivity contribution in [3.8, 4) is 0 Å². The highest BCUT2D eigenvalue weighted by atomic mass is 16.5. The first-order valence-corrected chi connectivity index (χ1v) is 7.62. The van der Waals surface area contributed by atoms with Crippen LogP contribution in [0.5, 0.6) is 0 Å². The first-order chi connectivity index (χ1) is 9.83. The average molecular weight is 276 g/mol. The van der Waals surface area contributed by atoms with Crippen LogP contribution in [0.15, 0.2) is 12.4 Å². The molecule has 3 atom stereocenters. The lowest BCUT2D eigenvalue weighted by Gasteiger charge is -2.39. The molecule has 0 aromatic carbocycles. The van der Waals surface area contributed by atoms with E-state index in [1.165, 1.54) is 0 Å². The molecule has 0 radical (unpaired) electrons. The van der Waals surface area contributed by atoms with Crippen LogP contribution in [0.2, 0.25) is 0 Å². The Kier molecular flexibility index (Phi) is 2.98. The zero-order chi connectivity index (χ0) is 13.5. The fourth-order valence-corrected chi connectivity index (χ4v) is 4.05. The van der Waals surface area contributed by atoms with E-state index in [0.717, 1.165) is 45.1 Å². The highest BCUT2D eigenvalue weighted by Gasteiger charge is 2.46. The van der Waals surface area contributed by atoms with Crippen molar-refractivity contribution in [3.05, 3.63) is 12.4 Å². The minimum absolute atomic E-state index is 0.183. The Morgan fingerprint density at radius 1 is 1.05 bits per heavy atom. The third kappa shape index (κ3) is 1.93. The second kappa shape index (κ2) is 4.84. The summed E-state index contributed by atoms with van der Waals surface area (Å²) in [4.78, 5) is 16.6. The molecular formula is C14H20N4O2. The number of hydrogen-bond donors (Lipinski definition) is 0. The number of aromatic nitrogens is 3. The monoisotopic (exact) mass is 276 g/mol. The van der Waals surface area contributed by atoms with Gasteiger partial charge in [-0.15, -0.1) is 0 Å². The molecule has 6 heteroatoms. The summed E-state index contributed by atoms with van der Waals surface area (Å²) in [6.45, 7) is 0.736. The molecule has 6 nitrogen and oxygen atoms in total. The van der Waals surface area contributed by atoms with Gasteiger partial charge in [0.15, 0.2) is 0 Å². The van der Waals surface area contributed by atoms with Crippen LogP contribution in [0.4, 0.5) is 0 Å². The number of carbonyl (C=O) groups excluding carboxylic acids is 1. The molecule has 0 spiro atoms. The number of nitrogens with zero attached hydrogens (tertiary/aromatic N) is 4. The van der Waals surface area contributed by atoms with Crippen molar-refractivity contribution < 1.29 is 9.53 Å². The van der Waals surface area contributed by atoms with E-state index in [-0.39, 0.29) is 12.0 Å². The highest BCUT2D eigenvalue weighted by Crippen LogP contribution is 2.41. The third-order valence-electron chi connectivity index (χ3n) is 4.93. The zero-order valence-electron chi connectivity index (χ0n) is 11.5. The minimum atomic E-state index is -0.183. The molecule has 1 aromatic heterocycles. The van der Waals surface area contributed by atoms with E-state index >= 15 is 0 Å². The van der Waals surface area contributed by atoms with Crippen molar-refractivity contribution in [1.29, 1.82) is 0 Å². The lowest BCUT2D eigenvalue weighted by Crippen LogP contribution is -2.50. The maximum atomic E-state index is 12.6. The van der Waals surface area contributed by atoms with E-state index in [0.29, 0.717) is 18.1 Å². The summed E-state index contributed by atoms with van der Waals surface area (Å²) < 4.78 is 5.57. The molecule has 3 aliphatic heterocycles. The number of hydrogen-bond acceptors (Lipinski definition) is 4. The van der Waals surface area contributed by atoms with Crippen LogP contribution in [0.25, 0.3) is 0 Å². The van der Waals surface area contributed by atoms with E-state index in [2.05, 4.69) is 15.1 Å². The van der Waals surface area contributed by atoms with Gasteiger partial charge < -0.3 is 9.64 Å². The summed E-state index contributed by atoms with van der Waals surface area (Å²) in [5.74, 6) is 0.224. The van der Waals surface area contributed by atoms with Crippen molar-refractivity contribution in [1.82, 2.24) is 19.9 Å². The Balaban J connectivity index is 1.50. The van der Waals surface area contributed by atoms with Crippen LogP contribution >= 0.6 is 0 Å². The number of piperidine rings is 1. The molecule has 0 saturated carbocycles. The van der Waals surface area contributed by atoms with Gasteiger partial charge in [0.2, 0.25) is 0 Å². The normalized spacial score (nSPS) is 36.5. The van der Waals surface area contributed by atoms with Gasteiger partial charge in [0.25, 0.3) is 5.91 Å². The summed E-state index contributed by atoms with van der Waals surface area (Å²) >= 11 is 0. The van der Waals surface area contributed by atoms with Gasteiger partial charge >= 0.3 is 0 Å². The van der Waals surface area contributed by atoms with Crippen LogP contribution in [0.1, 0.15) is 44.6 Å². The highest BCUT2D eigenvalue weighted by molar-refractivity contribution is 5.82. The Labute approximate surface area is 118 Å². The molecule has 20 heavy (non-hydrogen) atoms. The summed E-state index contributed by atoms with van der Waals surface area (Å²) in [6.07, 6.45) is 9.35. The standard InChI is InChI=1S/C14H20N4O2/c19-14(13-2-1-7-20-13)17-10-3-4-11(17)9-12(8-10)18-15-5-6-16-18/h5-6,10-13H,1-4,7-9H2/t10-,11-,13+/m0/s1. The first-order valence-electron chi connectivity index (χ1n) is 7.62. The molecule has 3 aliphatic rings. The largest absolute Gasteiger partial charge is 0.368 e. The SMILES string of the molecule is O=C([C@H]1CCCO1)N1[C@H]2CC[C@H]1CC(n1nccn1)C2. The number of ether oxygens (including phenoxy) is 1. The molecule has 4 rings (SSSR count). The molecule has 0 aliphatic carbocycles. The number of amides is 1. The predicted octanol–water partition coefficient (Wildman–Crippen LogP) is 1.15. The van der Waals surface area contributed by atoms with Crippen LogP contribution in [0.3, 0.4) is 0 Å². The van der Waals surface area contributed by atoms with Gasteiger partial charge in [-0.2, -0.15) is 15.0 Å². The van der Waals surface area contributed by atoms with Gasteiger partial charge in [0, 0.05) is 18.7 Å². The summed E-state index contributed by atoms with van der Waals surface area (Å²) in [7, 11) is 0. The van der Waals surface area contributed by atoms with Crippen molar-refractivity contribution >= 4 is 5.91 Å². The maximum absolute atomic E-state index is 12.6. The average Bonchev–Trinajstić information content (AvgIpc) is 3.18. The fraction of sp³-hybridized carbons (Fsp3) is 0.786. The smallest absolute Gasteiger partial charge is 0.252 e. The van der Waals surface area contributed by atoms with Crippen molar-refractivity contribution in [2.24, 2.45) is 0 Å². The molecule has 3 fully saturated rings. The van der Waals surface area contributed by atoms with Crippen molar-refractivity contribution in [3.63, 3.8) is 0 Å². The lowest BCUT2D eigenvalue weighted by atomic mass is 9.97. The Hall–Kier alpha value is -1.43.